The zero-order valence-corrected chi connectivity index (χ0v) is 13.7. The van der Waals surface area contributed by atoms with Crippen LogP contribution in [0.1, 0.15) is 5.56 Å². The quantitative estimate of drug-likeness (QED) is 0.752. The Morgan fingerprint density at radius 3 is 2.45 bits per heavy atom. The molecule has 0 saturated heterocycles. The minimum atomic E-state index is -0.0896. The molecule has 1 aliphatic heterocycles. The van der Waals surface area contributed by atoms with Crippen LogP contribution in [-0.2, 0) is 4.79 Å². The molecule has 3 nitrogen and oxygen atoms in total. The fraction of sp³-hybridized carbons (Fsp3) is 0.118. The first-order chi connectivity index (χ1) is 10.5. The van der Waals surface area contributed by atoms with Gasteiger partial charge in [-0.1, -0.05) is 35.3 Å². The predicted octanol–water partition coefficient (Wildman–Crippen LogP) is 4.57. The molecule has 5 heteroatoms. The third-order valence-corrected chi connectivity index (χ3v) is 3.85. The maximum Gasteiger partial charge on any atom is 0.265 e. The van der Waals surface area contributed by atoms with Crippen LogP contribution < -0.4 is 4.90 Å². The molecule has 1 heterocycles. The van der Waals surface area contributed by atoms with Crippen molar-refractivity contribution < 1.29 is 4.79 Å². The SMILES string of the molecule is CN(C)C=C1C(=O)N(c2cccc(Cl)c2)c2cc(Cl)ccc21. The van der Waals surface area contributed by atoms with Gasteiger partial charge in [0.25, 0.3) is 5.91 Å². The van der Waals surface area contributed by atoms with E-state index in [1.807, 2.05) is 43.4 Å². The van der Waals surface area contributed by atoms with Crippen molar-refractivity contribution >= 4 is 46.1 Å². The van der Waals surface area contributed by atoms with Gasteiger partial charge in [-0.15, -0.1) is 0 Å². The van der Waals surface area contributed by atoms with Crippen molar-refractivity contribution in [2.75, 3.05) is 19.0 Å². The van der Waals surface area contributed by atoms with Crippen LogP contribution in [0.5, 0.6) is 0 Å². The molecular weight excluding hydrogens is 319 g/mol. The van der Waals surface area contributed by atoms with Crippen LogP contribution in [0.3, 0.4) is 0 Å². The minimum Gasteiger partial charge on any atom is -0.383 e. The Bertz CT molecular complexity index is 784. The highest BCUT2D eigenvalue weighted by atomic mass is 35.5. The monoisotopic (exact) mass is 332 g/mol. The van der Waals surface area contributed by atoms with Gasteiger partial charge in [0.05, 0.1) is 16.9 Å². The Hall–Kier alpha value is -1.97. The fourth-order valence-electron chi connectivity index (χ4n) is 2.52. The van der Waals surface area contributed by atoms with Gasteiger partial charge in [0, 0.05) is 35.9 Å². The molecule has 0 spiro atoms. The lowest BCUT2D eigenvalue weighted by Crippen LogP contribution is -2.21. The Kier molecular flexibility index (Phi) is 3.85. The molecule has 0 aliphatic carbocycles. The summed E-state index contributed by atoms with van der Waals surface area (Å²) in [5.74, 6) is -0.0896. The maximum absolute atomic E-state index is 12.9. The van der Waals surface area contributed by atoms with Crippen LogP contribution >= 0.6 is 23.2 Å². The largest absolute Gasteiger partial charge is 0.383 e. The summed E-state index contributed by atoms with van der Waals surface area (Å²) in [6.07, 6.45) is 1.82. The third-order valence-electron chi connectivity index (χ3n) is 3.38. The number of carbonyl (C=O) groups excluding carboxylic acids is 1. The number of carbonyl (C=O) groups is 1. The highest BCUT2D eigenvalue weighted by Gasteiger charge is 2.33. The molecule has 0 aromatic heterocycles. The molecular formula is C17H14Cl2N2O. The zero-order chi connectivity index (χ0) is 15.9. The second kappa shape index (κ2) is 5.67. The van der Waals surface area contributed by atoms with Crippen molar-refractivity contribution in [3.05, 3.63) is 64.3 Å². The molecule has 0 N–H and O–H groups in total. The van der Waals surface area contributed by atoms with Gasteiger partial charge in [-0.05, 0) is 30.3 Å². The first kappa shape index (κ1) is 14.9. The molecule has 0 radical (unpaired) electrons. The molecule has 1 aliphatic rings. The number of amides is 1. The van der Waals surface area contributed by atoms with Gasteiger partial charge in [-0.25, -0.2) is 0 Å². The second-order valence-corrected chi connectivity index (χ2v) is 6.16. The molecule has 2 aromatic carbocycles. The van der Waals surface area contributed by atoms with Crippen molar-refractivity contribution in [3.8, 4) is 0 Å². The Morgan fingerprint density at radius 2 is 1.77 bits per heavy atom. The summed E-state index contributed by atoms with van der Waals surface area (Å²) in [4.78, 5) is 16.4. The van der Waals surface area contributed by atoms with E-state index in [1.165, 1.54) is 0 Å². The van der Waals surface area contributed by atoms with Crippen molar-refractivity contribution in [2.24, 2.45) is 0 Å². The average Bonchev–Trinajstić information content (AvgIpc) is 2.70. The van der Waals surface area contributed by atoms with Crippen LogP contribution in [-0.4, -0.2) is 24.9 Å². The molecule has 112 valence electrons. The van der Waals surface area contributed by atoms with Crippen LogP contribution in [0.25, 0.3) is 5.57 Å². The molecule has 3 rings (SSSR count). The van der Waals surface area contributed by atoms with E-state index in [4.69, 9.17) is 23.2 Å². The summed E-state index contributed by atoms with van der Waals surface area (Å²) >= 11 is 12.2. The molecule has 0 fully saturated rings. The molecule has 0 saturated carbocycles. The zero-order valence-electron chi connectivity index (χ0n) is 12.2. The van der Waals surface area contributed by atoms with Crippen LogP contribution in [0, 0.1) is 0 Å². The Labute approximate surface area is 139 Å². The first-order valence-electron chi connectivity index (χ1n) is 6.75. The summed E-state index contributed by atoms with van der Waals surface area (Å²) in [5.41, 5.74) is 3.00. The number of halogens is 2. The fourth-order valence-corrected chi connectivity index (χ4v) is 2.87. The van der Waals surface area contributed by atoms with Gasteiger partial charge in [-0.3, -0.25) is 9.69 Å². The lowest BCUT2D eigenvalue weighted by Gasteiger charge is -2.17. The van der Waals surface area contributed by atoms with E-state index in [0.717, 1.165) is 16.9 Å². The van der Waals surface area contributed by atoms with E-state index >= 15 is 0 Å². The van der Waals surface area contributed by atoms with Gasteiger partial charge in [0.1, 0.15) is 0 Å². The van der Waals surface area contributed by atoms with E-state index in [0.29, 0.717) is 15.6 Å². The van der Waals surface area contributed by atoms with Crippen molar-refractivity contribution in [2.45, 2.75) is 0 Å². The summed E-state index contributed by atoms with van der Waals surface area (Å²) in [6.45, 7) is 0. The molecule has 22 heavy (non-hydrogen) atoms. The van der Waals surface area contributed by atoms with E-state index in [2.05, 4.69) is 0 Å². The van der Waals surface area contributed by atoms with Gasteiger partial charge in [0.2, 0.25) is 0 Å². The number of benzene rings is 2. The van der Waals surface area contributed by atoms with Crippen LogP contribution in [0.2, 0.25) is 10.0 Å². The summed E-state index contributed by atoms with van der Waals surface area (Å²) in [5, 5.41) is 1.17. The lowest BCUT2D eigenvalue weighted by atomic mass is 10.1. The van der Waals surface area contributed by atoms with Crippen molar-refractivity contribution in [3.63, 3.8) is 0 Å². The highest BCUT2D eigenvalue weighted by Crippen LogP contribution is 2.43. The molecule has 2 aromatic rings. The van der Waals surface area contributed by atoms with Gasteiger partial charge < -0.3 is 4.90 Å². The minimum absolute atomic E-state index is 0.0896. The van der Waals surface area contributed by atoms with Crippen molar-refractivity contribution in [1.82, 2.24) is 4.90 Å². The number of anilines is 2. The molecule has 1 amide bonds. The molecule has 0 atom stereocenters. The number of nitrogens with zero attached hydrogens (tertiary/aromatic N) is 2. The van der Waals surface area contributed by atoms with E-state index < -0.39 is 0 Å². The van der Waals surface area contributed by atoms with E-state index in [9.17, 15) is 4.79 Å². The summed E-state index contributed by atoms with van der Waals surface area (Å²) in [7, 11) is 3.77. The highest BCUT2D eigenvalue weighted by molar-refractivity contribution is 6.37. The third kappa shape index (κ3) is 2.58. The number of rotatable bonds is 2. The van der Waals surface area contributed by atoms with Crippen LogP contribution in [0.4, 0.5) is 11.4 Å². The van der Waals surface area contributed by atoms with Gasteiger partial charge in [0.15, 0.2) is 0 Å². The van der Waals surface area contributed by atoms with E-state index in [-0.39, 0.29) is 5.91 Å². The Morgan fingerprint density at radius 1 is 1.05 bits per heavy atom. The second-order valence-electron chi connectivity index (χ2n) is 5.29. The average molecular weight is 333 g/mol. The summed E-state index contributed by atoms with van der Waals surface area (Å²) in [6, 6.07) is 12.7. The Balaban J connectivity index is 2.21. The van der Waals surface area contributed by atoms with Gasteiger partial charge >= 0.3 is 0 Å². The topological polar surface area (TPSA) is 23.6 Å². The normalized spacial score (nSPS) is 15.4. The van der Waals surface area contributed by atoms with Gasteiger partial charge in [-0.2, -0.15) is 0 Å². The van der Waals surface area contributed by atoms with Crippen molar-refractivity contribution in [1.29, 1.82) is 0 Å². The lowest BCUT2D eigenvalue weighted by molar-refractivity contribution is -0.112. The maximum atomic E-state index is 12.9. The first-order valence-corrected chi connectivity index (χ1v) is 7.51. The number of fused-ring (bicyclic) bond motifs is 1. The number of hydrogen-bond acceptors (Lipinski definition) is 2. The smallest absolute Gasteiger partial charge is 0.265 e. The van der Waals surface area contributed by atoms with Crippen LogP contribution in [0.15, 0.2) is 48.7 Å². The predicted molar refractivity (Wildman–Crippen MR) is 91.7 cm³/mol. The van der Waals surface area contributed by atoms with E-state index in [1.54, 1.807) is 29.2 Å². The molecule has 0 unspecified atom stereocenters. The summed E-state index contributed by atoms with van der Waals surface area (Å²) < 4.78 is 0. The standard InChI is InChI=1S/C17H14Cl2N2O/c1-20(2)10-15-14-7-6-12(19)9-16(14)21(17(15)22)13-5-3-4-11(18)8-13/h3-10H,1-2H3. The number of hydrogen-bond donors (Lipinski definition) is 0. The molecule has 0 bridgehead atoms.